The van der Waals surface area contributed by atoms with Gasteiger partial charge in [-0.05, 0) is 64.1 Å². The molecule has 0 bridgehead atoms. The molecule has 2 heterocycles. The molecular formula is C23H24N4O. The van der Waals surface area contributed by atoms with Gasteiger partial charge in [0.25, 0.3) is 5.91 Å². The smallest absolute Gasteiger partial charge is 0.257 e. The summed E-state index contributed by atoms with van der Waals surface area (Å²) in [7, 11) is 0. The molecule has 28 heavy (non-hydrogen) atoms. The summed E-state index contributed by atoms with van der Waals surface area (Å²) in [6.07, 6.45) is 7.55. The van der Waals surface area contributed by atoms with Crippen molar-refractivity contribution in [1.29, 1.82) is 0 Å². The van der Waals surface area contributed by atoms with E-state index < -0.39 is 0 Å². The van der Waals surface area contributed by atoms with E-state index in [9.17, 15) is 4.79 Å². The third kappa shape index (κ3) is 3.43. The number of benzene rings is 1. The first kappa shape index (κ1) is 18.0. The van der Waals surface area contributed by atoms with Gasteiger partial charge in [0, 0.05) is 28.5 Å². The summed E-state index contributed by atoms with van der Waals surface area (Å²) in [4.78, 5) is 17.6. The molecule has 0 radical (unpaired) electrons. The molecule has 0 aliphatic heterocycles. The van der Waals surface area contributed by atoms with Crippen LogP contribution in [-0.4, -0.2) is 15.5 Å². The van der Waals surface area contributed by atoms with E-state index in [0.29, 0.717) is 5.56 Å². The molecule has 3 aromatic rings. The Hall–Kier alpha value is -3.34. The first-order valence-electron chi connectivity index (χ1n) is 9.37. The van der Waals surface area contributed by atoms with Gasteiger partial charge in [0.15, 0.2) is 0 Å². The highest BCUT2D eigenvalue weighted by atomic mass is 16.1. The molecule has 0 saturated heterocycles. The molecule has 0 spiro atoms. The third-order valence-corrected chi connectivity index (χ3v) is 4.75. The highest BCUT2D eigenvalue weighted by Gasteiger charge is 2.23. The number of pyridine rings is 1. The summed E-state index contributed by atoms with van der Waals surface area (Å²) in [5.74, 6) is 0.626. The van der Waals surface area contributed by atoms with Crippen LogP contribution in [0.15, 0.2) is 66.5 Å². The third-order valence-electron chi connectivity index (χ3n) is 4.75. The van der Waals surface area contributed by atoms with Gasteiger partial charge in [0.1, 0.15) is 11.5 Å². The Morgan fingerprint density at radius 2 is 1.79 bits per heavy atom. The number of carbonyl (C=O) groups is 1. The number of aromatic nitrogens is 2. The zero-order valence-corrected chi connectivity index (χ0v) is 16.6. The van der Waals surface area contributed by atoms with E-state index in [0.717, 1.165) is 28.2 Å². The first-order valence-corrected chi connectivity index (χ1v) is 9.37. The molecule has 2 N–H and O–H groups in total. The number of rotatable bonds is 4. The number of hydrogen-bond donors (Lipinski definition) is 2. The number of carbonyl (C=O) groups excluding carboxylic acids is 1. The number of aryl methyl sites for hydroxylation is 1. The second kappa shape index (κ2) is 6.68. The zero-order chi connectivity index (χ0) is 19.9. The minimum absolute atomic E-state index is 0.121. The average molecular weight is 372 g/mol. The summed E-state index contributed by atoms with van der Waals surface area (Å²) < 4.78 is 2.06. The summed E-state index contributed by atoms with van der Waals surface area (Å²) in [5.41, 5.74) is 4.22. The van der Waals surface area contributed by atoms with E-state index in [1.54, 1.807) is 0 Å². The predicted octanol–water partition coefficient (Wildman–Crippen LogP) is 5.03. The van der Waals surface area contributed by atoms with Crippen LogP contribution in [0.25, 0.3) is 11.0 Å². The monoisotopic (exact) mass is 372 g/mol. The largest absolute Gasteiger partial charge is 0.340 e. The van der Waals surface area contributed by atoms with Crippen molar-refractivity contribution in [2.75, 3.05) is 5.32 Å². The molecule has 2 aromatic heterocycles. The summed E-state index contributed by atoms with van der Waals surface area (Å²) in [6, 6.07) is 12.1. The molecule has 1 aliphatic rings. The van der Waals surface area contributed by atoms with Crippen LogP contribution in [0, 0.1) is 6.92 Å². The molecular weight excluding hydrogens is 348 g/mol. The number of fused-ring (bicyclic) bond motifs is 1. The van der Waals surface area contributed by atoms with Gasteiger partial charge in [-0.2, -0.15) is 0 Å². The van der Waals surface area contributed by atoms with Crippen molar-refractivity contribution in [3.05, 3.63) is 77.6 Å². The molecule has 4 rings (SSSR count). The van der Waals surface area contributed by atoms with Crippen LogP contribution in [0.1, 0.15) is 36.7 Å². The van der Waals surface area contributed by atoms with E-state index in [1.807, 2.05) is 48.7 Å². The maximum atomic E-state index is 12.8. The average Bonchev–Trinajstić information content (AvgIpc) is 2.99. The van der Waals surface area contributed by atoms with E-state index >= 15 is 0 Å². The minimum Gasteiger partial charge on any atom is -0.340 e. The van der Waals surface area contributed by atoms with Gasteiger partial charge < -0.3 is 15.2 Å². The van der Waals surface area contributed by atoms with E-state index in [4.69, 9.17) is 4.98 Å². The van der Waals surface area contributed by atoms with Crippen LogP contribution >= 0.6 is 0 Å². The molecule has 0 unspecified atom stereocenters. The lowest BCUT2D eigenvalue weighted by atomic mass is 10.1. The molecule has 142 valence electrons. The standard InChI is InChI=1S/C23H24N4O/c1-15-8-10-17(11-9-15)24-20-13-12-18-19(22(28)25-16-6-5-7-16)14-27(21(18)26-20)23(2,3)4/h5-14H,1-4H3,(H,24,26)(H,25,28). The molecule has 5 heteroatoms. The Labute approximate surface area is 164 Å². The van der Waals surface area contributed by atoms with Crippen LogP contribution in [0.5, 0.6) is 0 Å². The van der Waals surface area contributed by atoms with E-state index in [-0.39, 0.29) is 11.4 Å². The van der Waals surface area contributed by atoms with Crippen LogP contribution in [-0.2, 0) is 5.54 Å². The Bertz CT molecular complexity index is 1110. The van der Waals surface area contributed by atoms with Crippen LogP contribution < -0.4 is 10.6 Å². The topological polar surface area (TPSA) is 59.0 Å². The van der Waals surface area contributed by atoms with Crippen LogP contribution in [0.2, 0.25) is 0 Å². The second-order valence-electron chi connectivity index (χ2n) is 8.08. The lowest BCUT2D eigenvalue weighted by molar-refractivity contribution is 0.0968. The van der Waals surface area contributed by atoms with Crippen LogP contribution in [0.4, 0.5) is 11.5 Å². The summed E-state index contributed by atoms with van der Waals surface area (Å²) in [5, 5.41) is 7.11. The molecule has 1 aromatic carbocycles. The molecule has 1 aliphatic carbocycles. The SMILES string of the molecule is Cc1ccc(Nc2ccc3c(C(=O)NC4=CC=C4)cn(C(C)(C)C)c3n2)cc1. The van der Waals surface area contributed by atoms with Gasteiger partial charge in [-0.3, -0.25) is 4.79 Å². The Kier molecular flexibility index (Phi) is 4.30. The van der Waals surface area contributed by atoms with Gasteiger partial charge in [-0.25, -0.2) is 4.98 Å². The highest BCUT2D eigenvalue weighted by molar-refractivity contribution is 6.07. The van der Waals surface area contributed by atoms with Crippen molar-refractivity contribution >= 4 is 28.4 Å². The quantitative estimate of drug-likeness (QED) is 0.675. The van der Waals surface area contributed by atoms with E-state index in [1.165, 1.54) is 5.56 Å². The van der Waals surface area contributed by atoms with Gasteiger partial charge in [-0.15, -0.1) is 0 Å². The molecule has 0 saturated carbocycles. The van der Waals surface area contributed by atoms with Crippen molar-refractivity contribution in [3.8, 4) is 0 Å². The zero-order valence-electron chi connectivity index (χ0n) is 16.6. The fraction of sp³-hybridized carbons (Fsp3) is 0.217. The first-order chi connectivity index (χ1) is 13.3. The summed E-state index contributed by atoms with van der Waals surface area (Å²) in [6.45, 7) is 8.37. The number of hydrogen-bond acceptors (Lipinski definition) is 3. The molecule has 1 amide bonds. The Morgan fingerprint density at radius 1 is 1.07 bits per heavy atom. The van der Waals surface area contributed by atoms with Crippen molar-refractivity contribution < 1.29 is 4.79 Å². The molecule has 0 atom stereocenters. The number of nitrogens with one attached hydrogen (secondary N) is 2. The maximum absolute atomic E-state index is 12.8. The fourth-order valence-corrected chi connectivity index (χ4v) is 3.12. The maximum Gasteiger partial charge on any atom is 0.257 e. The Balaban J connectivity index is 1.74. The van der Waals surface area contributed by atoms with Crippen LogP contribution in [0.3, 0.4) is 0 Å². The van der Waals surface area contributed by atoms with Crippen molar-refractivity contribution in [1.82, 2.24) is 14.9 Å². The second-order valence-corrected chi connectivity index (χ2v) is 8.08. The number of nitrogens with zero attached hydrogens (tertiary/aromatic N) is 2. The van der Waals surface area contributed by atoms with Gasteiger partial charge >= 0.3 is 0 Å². The lowest BCUT2D eigenvalue weighted by Gasteiger charge is -2.22. The minimum atomic E-state index is -0.206. The van der Waals surface area contributed by atoms with Crippen molar-refractivity contribution in [3.63, 3.8) is 0 Å². The molecule has 0 fully saturated rings. The number of amides is 1. The fourth-order valence-electron chi connectivity index (χ4n) is 3.12. The molecule has 5 nitrogen and oxygen atoms in total. The van der Waals surface area contributed by atoms with Gasteiger partial charge in [0.2, 0.25) is 0 Å². The summed E-state index contributed by atoms with van der Waals surface area (Å²) >= 11 is 0. The number of allylic oxidation sites excluding steroid dienone is 3. The van der Waals surface area contributed by atoms with Gasteiger partial charge in [-0.1, -0.05) is 23.8 Å². The highest BCUT2D eigenvalue weighted by Crippen LogP contribution is 2.29. The van der Waals surface area contributed by atoms with Crippen molar-refractivity contribution in [2.24, 2.45) is 0 Å². The van der Waals surface area contributed by atoms with Crippen molar-refractivity contribution in [2.45, 2.75) is 33.2 Å². The van der Waals surface area contributed by atoms with E-state index in [2.05, 4.69) is 55.0 Å². The predicted molar refractivity (Wildman–Crippen MR) is 114 cm³/mol. The Morgan fingerprint density at radius 3 is 2.39 bits per heavy atom. The van der Waals surface area contributed by atoms with Gasteiger partial charge in [0.05, 0.1) is 5.56 Å². The lowest BCUT2D eigenvalue weighted by Crippen LogP contribution is -2.24. The number of anilines is 2. The normalized spacial score (nSPS) is 13.2.